The van der Waals surface area contributed by atoms with Crippen LogP contribution >= 0.6 is 0 Å². The second kappa shape index (κ2) is 16.5. The number of ether oxygens (including phenoxy) is 3. The highest BCUT2D eigenvalue weighted by atomic mass is 16.6. The first-order valence-electron chi connectivity index (χ1n) is 18.8. The zero-order valence-corrected chi connectivity index (χ0v) is 33.5. The number of pyridine rings is 1. The van der Waals surface area contributed by atoms with Crippen molar-refractivity contribution in [2.24, 2.45) is 0 Å². The fourth-order valence-corrected chi connectivity index (χ4v) is 6.35. The standard InChI is InChI=1S/C44H54N4O7/c1-42(2,3)53-39(50)47(28-31-17-18-32-14-10-11-15-34(32)24-31)37-25-36(26-45-27-37)38(49)46-21-19-33(20-22-46)35-16-12-13-30(23-35)29-48(40(51)54-43(4,5)6)41(52)55-44(7,8)9/h10-18,23-27,33H,19-22,28-29H2,1-9H3. The maximum atomic E-state index is 13.9. The quantitative estimate of drug-likeness (QED) is 0.171. The Morgan fingerprint density at radius 3 is 1.85 bits per heavy atom. The molecule has 1 aromatic heterocycles. The van der Waals surface area contributed by atoms with Gasteiger partial charge in [-0.2, -0.15) is 0 Å². The number of imide groups is 1. The summed E-state index contributed by atoms with van der Waals surface area (Å²) in [5.41, 5.74) is 1.27. The van der Waals surface area contributed by atoms with Crippen molar-refractivity contribution in [2.75, 3.05) is 18.0 Å². The van der Waals surface area contributed by atoms with Crippen LogP contribution in [0.25, 0.3) is 10.8 Å². The fraction of sp³-hybridized carbons (Fsp3) is 0.432. The molecule has 11 nitrogen and oxygen atoms in total. The van der Waals surface area contributed by atoms with Crippen LogP contribution in [0.5, 0.6) is 0 Å². The smallest absolute Gasteiger partial charge is 0.420 e. The summed E-state index contributed by atoms with van der Waals surface area (Å²) >= 11 is 0. The fourth-order valence-electron chi connectivity index (χ4n) is 6.35. The van der Waals surface area contributed by atoms with Crippen LogP contribution in [0.2, 0.25) is 0 Å². The van der Waals surface area contributed by atoms with Crippen LogP contribution in [-0.2, 0) is 27.3 Å². The van der Waals surface area contributed by atoms with E-state index in [0.29, 0.717) is 24.3 Å². The molecule has 0 atom stereocenters. The second-order valence-corrected chi connectivity index (χ2v) is 17.0. The number of piperidine rings is 1. The summed E-state index contributed by atoms with van der Waals surface area (Å²) in [5.74, 6) is -0.00339. The molecular formula is C44H54N4O7. The Labute approximate surface area is 324 Å². The number of amides is 4. The Morgan fingerprint density at radius 1 is 0.655 bits per heavy atom. The Morgan fingerprint density at radius 2 is 1.24 bits per heavy atom. The van der Waals surface area contributed by atoms with Crippen LogP contribution in [0.3, 0.4) is 0 Å². The SMILES string of the molecule is CC(C)(C)OC(=O)N(Cc1cccc(C2CCN(C(=O)c3cncc(N(Cc4ccc5ccccc5c4)C(=O)OC(C)(C)C)c3)CC2)c1)C(=O)OC(C)(C)C. The summed E-state index contributed by atoms with van der Waals surface area (Å²) in [7, 11) is 0. The van der Waals surface area contributed by atoms with E-state index in [-0.39, 0.29) is 24.9 Å². The van der Waals surface area contributed by atoms with Crippen molar-refractivity contribution in [1.82, 2.24) is 14.8 Å². The number of fused-ring (bicyclic) bond motifs is 1. The molecule has 2 heterocycles. The van der Waals surface area contributed by atoms with E-state index in [0.717, 1.165) is 45.2 Å². The first-order valence-corrected chi connectivity index (χ1v) is 18.8. The minimum absolute atomic E-state index is 0.0144. The third-order valence-corrected chi connectivity index (χ3v) is 8.82. The molecule has 0 saturated carbocycles. The van der Waals surface area contributed by atoms with Gasteiger partial charge in [-0.05, 0) is 121 Å². The highest BCUT2D eigenvalue weighted by Crippen LogP contribution is 2.31. The molecule has 11 heteroatoms. The number of carbonyl (C=O) groups excluding carboxylic acids is 4. The van der Waals surface area contributed by atoms with Gasteiger partial charge in [0.2, 0.25) is 0 Å². The van der Waals surface area contributed by atoms with Gasteiger partial charge < -0.3 is 19.1 Å². The number of nitrogens with zero attached hydrogens (tertiary/aromatic N) is 4. The van der Waals surface area contributed by atoms with E-state index in [1.165, 1.54) is 11.1 Å². The highest BCUT2D eigenvalue weighted by molar-refractivity contribution is 5.96. The summed E-state index contributed by atoms with van der Waals surface area (Å²) in [6.45, 7) is 17.2. The molecule has 0 unspecified atom stereocenters. The van der Waals surface area contributed by atoms with Crippen molar-refractivity contribution < 1.29 is 33.4 Å². The summed E-state index contributed by atoms with van der Waals surface area (Å²) in [6.07, 6.45) is 2.46. The molecule has 1 fully saturated rings. The van der Waals surface area contributed by atoms with E-state index in [2.05, 4.69) is 4.98 Å². The van der Waals surface area contributed by atoms with Gasteiger partial charge in [-0.15, -0.1) is 0 Å². The Kier molecular flexibility index (Phi) is 12.2. The summed E-state index contributed by atoms with van der Waals surface area (Å²) in [4.78, 5) is 62.4. The number of hydrogen-bond donors (Lipinski definition) is 0. The van der Waals surface area contributed by atoms with Gasteiger partial charge in [0.1, 0.15) is 16.8 Å². The normalized spacial score (nSPS) is 13.9. The molecule has 1 saturated heterocycles. The van der Waals surface area contributed by atoms with Crippen LogP contribution in [0.15, 0.2) is 85.2 Å². The molecule has 0 N–H and O–H groups in total. The zero-order valence-electron chi connectivity index (χ0n) is 33.5. The molecule has 4 amide bonds. The molecule has 0 bridgehead atoms. The average molecular weight is 751 g/mol. The predicted molar refractivity (Wildman–Crippen MR) is 213 cm³/mol. The van der Waals surface area contributed by atoms with Crippen LogP contribution in [0.4, 0.5) is 20.1 Å². The highest BCUT2D eigenvalue weighted by Gasteiger charge is 2.32. The Hall–Kier alpha value is -5.45. The molecule has 0 radical (unpaired) electrons. The first kappa shape index (κ1) is 40.7. The Balaban J connectivity index is 1.28. The monoisotopic (exact) mass is 750 g/mol. The molecule has 1 aliphatic heterocycles. The van der Waals surface area contributed by atoms with Crippen molar-refractivity contribution in [3.63, 3.8) is 0 Å². The topological polar surface area (TPSA) is 119 Å². The maximum absolute atomic E-state index is 13.9. The maximum Gasteiger partial charge on any atom is 0.420 e. The molecule has 55 heavy (non-hydrogen) atoms. The molecule has 1 aliphatic rings. The van der Waals surface area contributed by atoms with Crippen molar-refractivity contribution in [1.29, 1.82) is 0 Å². The van der Waals surface area contributed by atoms with Gasteiger partial charge in [0, 0.05) is 19.3 Å². The Bertz CT molecular complexity index is 1990. The van der Waals surface area contributed by atoms with Gasteiger partial charge in [-0.25, -0.2) is 19.3 Å². The lowest BCUT2D eigenvalue weighted by Crippen LogP contribution is -2.43. The van der Waals surface area contributed by atoms with Gasteiger partial charge in [0.15, 0.2) is 0 Å². The second-order valence-electron chi connectivity index (χ2n) is 17.0. The van der Waals surface area contributed by atoms with E-state index in [4.69, 9.17) is 14.2 Å². The van der Waals surface area contributed by atoms with Crippen LogP contribution in [-0.4, -0.2) is 68.9 Å². The molecule has 0 spiro atoms. The predicted octanol–water partition coefficient (Wildman–Crippen LogP) is 9.87. The molecule has 3 aromatic carbocycles. The minimum Gasteiger partial charge on any atom is -0.443 e. The summed E-state index contributed by atoms with van der Waals surface area (Å²) in [5, 5.41) is 2.16. The molecule has 4 aromatic rings. The van der Waals surface area contributed by atoms with E-state index in [9.17, 15) is 19.2 Å². The third kappa shape index (κ3) is 11.5. The van der Waals surface area contributed by atoms with E-state index in [1.807, 2.05) is 92.4 Å². The van der Waals surface area contributed by atoms with Crippen LogP contribution in [0.1, 0.15) is 108 Å². The summed E-state index contributed by atoms with van der Waals surface area (Å²) in [6, 6.07) is 23.6. The van der Waals surface area contributed by atoms with Gasteiger partial charge in [-0.1, -0.05) is 60.7 Å². The molecule has 292 valence electrons. The van der Waals surface area contributed by atoms with Crippen molar-refractivity contribution in [3.05, 3.63) is 107 Å². The summed E-state index contributed by atoms with van der Waals surface area (Å²) < 4.78 is 16.9. The van der Waals surface area contributed by atoms with Crippen LogP contribution < -0.4 is 4.90 Å². The third-order valence-electron chi connectivity index (χ3n) is 8.82. The lowest BCUT2D eigenvalue weighted by molar-refractivity contribution is -0.000317. The van der Waals surface area contributed by atoms with Gasteiger partial charge in [0.25, 0.3) is 5.91 Å². The van der Waals surface area contributed by atoms with Crippen LogP contribution in [0, 0.1) is 0 Å². The molecule has 5 rings (SSSR count). The van der Waals surface area contributed by atoms with Crippen molar-refractivity contribution in [2.45, 2.75) is 111 Å². The molecular weight excluding hydrogens is 697 g/mol. The minimum atomic E-state index is -0.794. The number of hydrogen-bond acceptors (Lipinski definition) is 8. The first-order chi connectivity index (χ1) is 25.7. The number of carbonyl (C=O) groups is 4. The van der Waals surface area contributed by atoms with Gasteiger partial charge in [0.05, 0.1) is 30.5 Å². The number of aromatic nitrogens is 1. The largest absolute Gasteiger partial charge is 0.443 e. The molecule has 0 aliphatic carbocycles. The number of rotatable bonds is 7. The lowest BCUT2D eigenvalue weighted by Gasteiger charge is -2.33. The zero-order chi connectivity index (χ0) is 40.1. The van der Waals surface area contributed by atoms with Crippen molar-refractivity contribution in [3.8, 4) is 0 Å². The average Bonchev–Trinajstić information content (AvgIpc) is 3.10. The number of anilines is 1. The van der Waals surface area contributed by atoms with E-state index >= 15 is 0 Å². The van der Waals surface area contributed by atoms with Gasteiger partial charge in [-0.3, -0.25) is 14.7 Å². The van der Waals surface area contributed by atoms with Gasteiger partial charge >= 0.3 is 18.3 Å². The lowest BCUT2D eigenvalue weighted by atomic mass is 9.88. The number of benzene rings is 3. The number of likely N-dealkylation sites (tertiary alicyclic amines) is 1. The van der Waals surface area contributed by atoms with E-state index in [1.54, 1.807) is 53.8 Å². The van der Waals surface area contributed by atoms with E-state index < -0.39 is 35.1 Å². The van der Waals surface area contributed by atoms with Crippen molar-refractivity contribution >= 4 is 40.6 Å².